The minimum atomic E-state index is 0.539. The van der Waals surface area contributed by atoms with Crippen molar-refractivity contribution in [1.29, 1.82) is 0 Å². The van der Waals surface area contributed by atoms with Gasteiger partial charge in [-0.3, -0.25) is 4.98 Å². The molecule has 0 spiro atoms. The van der Waals surface area contributed by atoms with Crippen molar-refractivity contribution in [2.24, 2.45) is 5.73 Å². The van der Waals surface area contributed by atoms with E-state index < -0.39 is 0 Å². The van der Waals surface area contributed by atoms with Crippen LogP contribution in [0, 0.1) is 0 Å². The lowest BCUT2D eigenvalue weighted by Gasteiger charge is -2.08. The number of rotatable bonds is 3. The van der Waals surface area contributed by atoms with E-state index in [1.807, 2.05) is 30.3 Å². The number of hydrogen-bond donors (Lipinski definition) is 1. The highest BCUT2D eigenvalue weighted by molar-refractivity contribution is 6.30. The van der Waals surface area contributed by atoms with Gasteiger partial charge in [0.2, 0.25) is 0 Å². The van der Waals surface area contributed by atoms with E-state index in [0.29, 0.717) is 6.54 Å². The van der Waals surface area contributed by atoms with Crippen molar-refractivity contribution in [2.45, 2.75) is 13.0 Å². The standard InChI is InChI=1S/C13H13ClN2/c14-13-2-1-11(9-15)12(8-13)7-10-3-5-16-6-4-10/h1-6,8H,7,9,15H2. The summed E-state index contributed by atoms with van der Waals surface area (Å²) in [6.45, 7) is 0.539. The van der Waals surface area contributed by atoms with Crippen LogP contribution in [-0.4, -0.2) is 4.98 Å². The number of hydrogen-bond acceptors (Lipinski definition) is 2. The molecule has 0 saturated carbocycles. The van der Waals surface area contributed by atoms with Crippen molar-refractivity contribution in [3.8, 4) is 0 Å². The number of nitrogens with two attached hydrogens (primary N) is 1. The molecule has 0 aliphatic rings. The van der Waals surface area contributed by atoms with Crippen molar-refractivity contribution >= 4 is 11.6 Å². The summed E-state index contributed by atoms with van der Waals surface area (Å²) >= 11 is 5.99. The van der Waals surface area contributed by atoms with Gasteiger partial charge in [0.25, 0.3) is 0 Å². The first-order chi connectivity index (χ1) is 7.79. The number of nitrogens with zero attached hydrogens (tertiary/aromatic N) is 1. The summed E-state index contributed by atoms with van der Waals surface area (Å²) in [5.74, 6) is 0. The fourth-order valence-electron chi connectivity index (χ4n) is 1.68. The molecule has 0 atom stereocenters. The largest absolute Gasteiger partial charge is 0.326 e. The zero-order chi connectivity index (χ0) is 11.4. The topological polar surface area (TPSA) is 38.9 Å². The van der Waals surface area contributed by atoms with E-state index in [1.54, 1.807) is 12.4 Å². The lowest BCUT2D eigenvalue weighted by atomic mass is 10.0. The summed E-state index contributed by atoms with van der Waals surface area (Å²) in [5.41, 5.74) is 9.24. The molecule has 1 heterocycles. The molecule has 2 N–H and O–H groups in total. The molecule has 0 saturated heterocycles. The second-order valence-corrected chi connectivity index (χ2v) is 4.09. The quantitative estimate of drug-likeness (QED) is 0.884. The Hall–Kier alpha value is -1.38. The molecule has 0 bridgehead atoms. The third kappa shape index (κ3) is 2.60. The fourth-order valence-corrected chi connectivity index (χ4v) is 1.87. The Morgan fingerprint density at radius 2 is 1.81 bits per heavy atom. The van der Waals surface area contributed by atoms with Crippen molar-refractivity contribution in [3.63, 3.8) is 0 Å². The van der Waals surface area contributed by atoms with Crippen LogP contribution < -0.4 is 5.73 Å². The monoisotopic (exact) mass is 232 g/mol. The number of benzene rings is 1. The first-order valence-electron chi connectivity index (χ1n) is 5.16. The Balaban J connectivity index is 2.30. The molecular weight excluding hydrogens is 220 g/mol. The van der Waals surface area contributed by atoms with E-state index >= 15 is 0 Å². The summed E-state index contributed by atoms with van der Waals surface area (Å²) in [5, 5.41) is 0.751. The SMILES string of the molecule is NCc1ccc(Cl)cc1Cc1ccncc1. The molecule has 0 aliphatic heterocycles. The Labute approximate surface area is 100 Å². The van der Waals surface area contributed by atoms with Crippen LogP contribution in [-0.2, 0) is 13.0 Å². The highest BCUT2D eigenvalue weighted by atomic mass is 35.5. The molecule has 16 heavy (non-hydrogen) atoms. The number of pyridine rings is 1. The van der Waals surface area contributed by atoms with Crippen LogP contribution in [0.5, 0.6) is 0 Å². The Kier molecular flexibility index (Phi) is 3.54. The predicted molar refractivity (Wildman–Crippen MR) is 66.4 cm³/mol. The highest BCUT2D eigenvalue weighted by Gasteiger charge is 2.03. The van der Waals surface area contributed by atoms with Crippen molar-refractivity contribution < 1.29 is 0 Å². The van der Waals surface area contributed by atoms with E-state index in [1.165, 1.54) is 11.1 Å². The van der Waals surface area contributed by atoms with Crippen molar-refractivity contribution in [1.82, 2.24) is 4.98 Å². The van der Waals surface area contributed by atoms with Gasteiger partial charge in [0.1, 0.15) is 0 Å². The molecule has 2 aromatic rings. The van der Waals surface area contributed by atoms with Gasteiger partial charge < -0.3 is 5.73 Å². The summed E-state index contributed by atoms with van der Waals surface area (Å²) in [7, 11) is 0. The maximum absolute atomic E-state index is 5.99. The second-order valence-electron chi connectivity index (χ2n) is 3.65. The Bertz CT molecular complexity index is 469. The van der Waals surface area contributed by atoms with Crippen molar-refractivity contribution in [3.05, 3.63) is 64.4 Å². The molecule has 1 aromatic carbocycles. The van der Waals surface area contributed by atoms with Gasteiger partial charge in [-0.05, 0) is 47.4 Å². The molecule has 0 fully saturated rings. The molecule has 0 amide bonds. The van der Waals surface area contributed by atoms with Crippen LogP contribution in [0.4, 0.5) is 0 Å². The Morgan fingerprint density at radius 3 is 2.50 bits per heavy atom. The van der Waals surface area contributed by atoms with Crippen LogP contribution in [0.2, 0.25) is 5.02 Å². The Morgan fingerprint density at radius 1 is 1.06 bits per heavy atom. The lowest BCUT2D eigenvalue weighted by molar-refractivity contribution is 1.02. The van der Waals surface area contributed by atoms with Gasteiger partial charge in [0, 0.05) is 24.0 Å². The van der Waals surface area contributed by atoms with Crippen LogP contribution in [0.1, 0.15) is 16.7 Å². The van der Waals surface area contributed by atoms with Crippen LogP contribution in [0.3, 0.4) is 0 Å². The molecule has 82 valence electrons. The first-order valence-corrected chi connectivity index (χ1v) is 5.53. The van der Waals surface area contributed by atoms with Crippen molar-refractivity contribution in [2.75, 3.05) is 0 Å². The van der Waals surface area contributed by atoms with Crippen LogP contribution >= 0.6 is 11.6 Å². The van der Waals surface area contributed by atoms with Gasteiger partial charge in [-0.25, -0.2) is 0 Å². The lowest BCUT2D eigenvalue weighted by Crippen LogP contribution is -2.02. The van der Waals surface area contributed by atoms with E-state index in [4.69, 9.17) is 17.3 Å². The second kappa shape index (κ2) is 5.10. The summed E-state index contributed by atoms with van der Waals surface area (Å²) < 4.78 is 0. The van der Waals surface area contributed by atoms with E-state index in [0.717, 1.165) is 17.0 Å². The van der Waals surface area contributed by atoms with Gasteiger partial charge >= 0.3 is 0 Å². The van der Waals surface area contributed by atoms with Gasteiger partial charge in [-0.1, -0.05) is 17.7 Å². The number of aromatic nitrogens is 1. The van der Waals surface area contributed by atoms with Crippen LogP contribution in [0.25, 0.3) is 0 Å². The molecule has 0 unspecified atom stereocenters. The molecule has 0 aliphatic carbocycles. The molecule has 0 radical (unpaired) electrons. The smallest absolute Gasteiger partial charge is 0.0409 e. The average Bonchev–Trinajstić information content (AvgIpc) is 2.31. The third-order valence-electron chi connectivity index (χ3n) is 2.53. The van der Waals surface area contributed by atoms with Gasteiger partial charge in [0.05, 0.1) is 0 Å². The maximum Gasteiger partial charge on any atom is 0.0409 e. The first kappa shape index (κ1) is 11.1. The molecular formula is C13H13ClN2. The van der Waals surface area contributed by atoms with E-state index in [9.17, 15) is 0 Å². The van der Waals surface area contributed by atoms with Gasteiger partial charge in [-0.2, -0.15) is 0 Å². The zero-order valence-corrected chi connectivity index (χ0v) is 9.61. The van der Waals surface area contributed by atoms with Gasteiger partial charge in [0.15, 0.2) is 0 Å². The zero-order valence-electron chi connectivity index (χ0n) is 8.86. The minimum Gasteiger partial charge on any atom is -0.326 e. The minimum absolute atomic E-state index is 0.539. The summed E-state index contributed by atoms with van der Waals surface area (Å²) in [6.07, 6.45) is 4.43. The normalized spacial score (nSPS) is 10.4. The van der Waals surface area contributed by atoms with E-state index in [-0.39, 0.29) is 0 Å². The molecule has 2 nitrogen and oxygen atoms in total. The van der Waals surface area contributed by atoms with Crippen LogP contribution in [0.15, 0.2) is 42.7 Å². The summed E-state index contributed by atoms with van der Waals surface area (Å²) in [4.78, 5) is 4.00. The predicted octanol–water partition coefficient (Wildman–Crippen LogP) is 2.78. The fraction of sp³-hybridized carbons (Fsp3) is 0.154. The molecule has 3 heteroatoms. The maximum atomic E-state index is 5.99. The van der Waals surface area contributed by atoms with Gasteiger partial charge in [-0.15, -0.1) is 0 Å². The third-order valence-corrected chi connectivity index (χ3v) is 2.77. The summed E-state index contributed by atoms with van der Waals surface area (Å²) in [6, 6.07) is 9.84. The molecule has 1 aromatic heterocycles. The highest BCUT2D eigenvalue weighted by Crippen LogP contribution is 2.18. The average molecular weight is 233 g/mol. The van der Waals surface area contributed by atoms with E-state index in [2.05, 4.69) is 4.98 Å². The number of halogens is 1. The molecule has 2 rings (SSSR count).